The van der Waals surface area contributed by atoms with E-state index in [1.54, 1.807) is 6.07 Å². The Morgan fingerprint density at radius 3 is 2.50 bits per heavy atom. The molecule has 1 N–H and O–H groups in total. The van der Waals surface area contributed by atoms with Gasteiger partial charge in [0, 0.05) is 18.3 Å². The number of hydrogen-bond donors (Lipinski definition) is 1. The minimum Gasteiger partial charge on any atom is -0.335 e. The van der Waals surface area contributed by atoms with E-state index in [1.165, 1.54) is 12.4 Å². The molecule has 2 aromatic carbocycles. The smallest absolute Gasteiger partial charge is 0.240 e. The van der Waals surface area contributed by atoms with Gasteiger partial charge in [-0.2, -0.15) is 0 Å². The normalized spacial score (nSPS) is 12.9. The van der Waals surface area contributed by atoms with Gasteiger partial charge in [-0.1, -0.05) is 55.0 Å². The number of nitrogens with zero attached hydrogens (tertiary/aromatic N) is 1. The molecule has 3 rings (SSSR count). The Kier molecular flexibility index (Phi) is 4.53. The predicted octanol–water partition coefficient (Wildman–Crippen LogP) is 4.09. The fourth-order valence-corrected chi connectivity index (χ4v) is 4.40. The number of imidazole rings is 1. The Labute approximate surface area is 142 Å². The van der Waals surface area contributed by atoms with Gasteiger partial charge in [0.1, 0.15) is 0 Å². The SMILES string of the molecule is CCC(c1ccccc1)c1cc(C)ccc1S(=O)(=O)c1ncc[nH]1. The molecule has 24 heavy (non-hydrogen) atoms. The first-order valence-electron chi connectivity index (χ1n) is 7.94. The first kappa shape index (κ1) is 16.5. The molecule has 0 saturated heterocycles. The van der Waals surface area contributed by atoms with Crippen molar-refractivity contribution in [2.24, 2.45) is 0 Å². The van der Waals surface area contributed by atoms with E-state index in [-0.39, 0.29) is 11.1 Å². The number of aryl methyl sites for hydroxylation is 1. The van der Waals surface area contributed by atoms with Gasteiger partial charge in [0.2, 0.25) is 15.0 Å². The maximum Gasteiger partial charge on any atom is 0.240 e. The summed E-state index contributed by atoms with van der Waals surface area (Å²) in [6.07, 6.45) is 3.79. The van der Waals surface area contributed by atoms with Crippen LogP contribution in [-0.2, 0) is 9.84 Å². The fraction of sp³-hybridized carbons (Fsp3) is 0.211. The molecule has 0 aliphatic heterocycles. The van der Waals surface area contributed by atoms with Gasteiger partial charge in [0.15, 0.2) is 0 Å². The van der Waals surface area contributed by atoms with Crippen LogP contribution in [-0.4, -0.2) is 18.4 Å². The summed E-state index contributed by atoms with van der Waals surface area (Å²) in [4.78, 5) is 6.98. The molecule has 0 radical (unpaired) electrons. The van der Waals surface area contributed by atoms with Gasteiger partial charge in [-0.05, 0) is 30.5 Å². The highest BCUT2D eigenvalue weighted by Gasteiger charge is 2.27. The molecular formula is C19H20N2O2S. The van der Waals surface area contributed by atoms with Crippen molar-refractivity contribution >= 4 is 9.84 Å². The summed E-state index contributed by atoms with van der Waals surface area (Å²) >= 11 is 0. The van der Waals surface area contributed by atoms with Gasteiger partial charge < -0.3 is 4.98 Å². The standard InChI is InChI=1S/C19H20N2O2S/c1-3-16(15-7-5-4-6-8-15)17-13-14(2)9-10-18(17)24(22,23)19-20-11-12-21-19/h4-13,16H,3H2,1-2H3,(H,20,21). The van der Waals surface area contributed by atoms with Crippen molar-refractivity contribution in [3.8, 4) is 0 Å². The van der Waals surface area contributed by atoms with Crippen molar-refractivity contribution in [1.29, 1.82) is 0 Å². The average Bonchev–Trinajstić information content (AvgIpc) is 3.12. The first-order valence-corrected chi connectivity index (χ1v) is 9.42. The molecule has 1 unspecified atom stereocenters. The summed E-state index contributed by atoms with van der Waals surface area (Å²) in [6, 6.07) is 15.5. The molecule has 1 aromatic heterocycles. The van der Waals surface area contributed by atoms with Crippen LogP contribution in [0.2, 0.25) is 0 Å². The molecule has 3 aromatic rings. The predicted molar refractivity (Wildman–Crippen MR) is 93.8 cm³/mol. The van der Waals surface area contributed by atoms with Crippen molar-refractivity contribution in [2.45, 2.75) is 36.2 Å². The van der Waals surface area contributed by atoms with E-state index in [1.807, 2.05) is 49.4 Å². The van der Waals surface area contributed by atoms with Crippen LogP contribution in [0.25, 0.3) is 0 Å². The van der Waals surface area contributed by atoms with Crippen LogP contribution in [0.15, 0.2) is 71.0 Å². The van der Waals surface area contributed by atoms with Crippen LogP contribution < -0.4 is 0 Å². The summed E-state index contributed by atoms with van der Waals surface area (Å²) in [6.45, 7) is 4.05. The number of aromatic nitrogens is 2. The summed E-state index contributed by atoms with van der Waals surface area (Å²) in [5, 5.41) is -0.0180. The van der Waals surface area contributed by atoms with Gasteiger partial charge >= 0.3 is 0 Å². The van der Waals surface area contributed by atoms with E-state index < -0.39 is 9.84 Å². The lowest BCUT2D eigenvalue weighted by Gasteiger charge is -2.20. The van der Waals surface area contributed by atoms with Crippen molar-refractivity contribution in [3.05, 3.63) is 77.6 Å². The van der Waals surface area contributed by atoms with Crippen molar-refractivity contribution in [3.63, 3.8) is 0 Å². The largest absolute Gasteiger partial charge is 0.335 e. The minimum atomic E-state index is -3.67. The lowest BCUT2D eigenvalue weighted by molar-refractivity contribution is 0.586. The molecule has 0 bridgehead atoms. The van der Waals surface area contributed by atoms with E-state index in [0.29, 0.717) is 4.90 Å². The molecule has 0 amide bonds. The number of aromatic amines is 1. The van der Waals surface area contributed by atoms with Crippen molar-refractivity contribution in [1.82, 2.24) is 9.97 Å². The summed E-state index contributed by atoms with van der Waals surface area (Å²) in [5.74, 6) is 0.0193. The minimum absolute atomic E-state index is 0.0180. The highest BCUT2D eigenvalue weighted by molar-refractivity contribution is 7.91. The Morgan fingerprint density at radius 2 is 1.88 bits per heavy atom. The van der Waals surface area contributed by atoms with Crippen molar-refractivity contribution < 1.29 is 8.42 Å². The molecule has 0 saturated carbocycles. The number of sulfone groups is 1. The number of benzene rings is 2. The molecule has 0 spiro atoms. The maximum atomic E-state index is 13.0. The zero-order chi connectivity index (χ0) is 17.2. The lowest BCUT2D eigenvalue weighted by Crippen LogP contribution is -2.11. The summed E-state index contributed by atoms with van der Waals surface area (Å²) in [7, 11) is -3.67. The highest BCUT2D eigenvalue weighted by atomic mass is 32.2. The topological polar surface area (TPSA) is 62.8 Å². The molecule has 5 heteroatoms. The van der Waals surface area contributed by atoms with E-state index in [9.17, 15) is 8.42 Å². The van der Waals surface area contributed by atoms with E-state index >= 15 is 0 Å². The molecule has 1 atom stereocenters. The quantitative estimate of drug-likeness (QED) is 0.761. The fourth-order valence-electron chi connectivity index (χ4n) is 3.01. The molecule has 124 valence electrons. The maximum absolute atomic E-state index is 13.0. The van der Waals surface area contributed by atoms with Crippen LogP contribution in [0.3, 0.4) is 0 Å². The van der Waals surface area contributed by atoms with Gasteiger partial charge in [-0.25, -0.2) is 13.4 Å². The molecule has 4 nitrogen and oxygen atoms in total. The number of hydrogen-bond acceptors (Lipinski definition) is 3. The third-order valence-electron chi connectivity index (χ3n) is 4.17. The number of rotatable bonds is 5. The van der Waals surface area contributed by atoms with Crippen LogP contribution >= 0.6 is 0 Å². The van der Waals surface area contributed by atoms with Gasteiger partial charge in [0.25, 0.3) is 0 Å². The van der Waals surface area contributed by atoms with Crippen LogP contribution in [0.1, 0.15) is 36.0 Å². The molecule has 0 aliphatic rings. The second kappa shape index (κ2) is 6.61. The Morgan fingerprint density at radius 1 is 1.12 bits per heavy atom. The van der Waals surface area contributed by atoms with Crippen LogP contribution in [0.5, 0.6) is 0 Å². The zero-order valence-electron chi connectivity index (χ0n) is 13.7. The molecule has 0 fully saturated rings. The molecule has 0 aliphatic carbocycles. The highest BCUT2D eigenvalue weighted by Crippen LogP contribution is 2.34. The van der Waals surface area contributed by atoms with Gasteiger partial charge in [0.05, 0.1) is 4.90 Å². The van der Waals surface area contributed by atoms with Crippen LogP contribution in [0.4, 0.5) is 0 Å². The third kappa shape index (κ3) is 2.99. The van der Waals surface area contributed by atoms with Crippen LogP contribution in [0, 0.1) is 6.92 Å². The van der Waals surface area contributed by atoms with E-state index in [4.69, 9.17) is 0 Å². The monoisotopic (exact) mass is 340 g/mol. The number of nitrogens with one attached hydrogen (secondary N) is 1. The second-order valence-electron chi connectivity index (χ2n) is 5.81. The van der Waals surface area contributed by atoms with Crippen molar-refractivity contribution in [2.75, 3.05) is 0 Å². The Bertz CT molecular complexity index is 917. The average molecular weight is 340 g/mol. The zero-order valence-corrected chi connectivity index (χ0v) is 14.5. The Hall–Kier alpha value is -2.40. The van der Waals surface area contributed by atoms with E-state index in [2.05, 4.69) is 16.9 Å². The number of H-pyrrole nitrogens is 1. The second-order valence-corrected chi connectivity index (χ2v) is 7.64. The molecule has 1 heterocycles. The summed E-state index contributed by atoms with van der Waals surface area (Å²) in [5.41, 5.74) is 2.97. The Balaban J connectivity index is 2.20. The molecular weight excluding hydrogens is 320 g/mol. The van der Waals surface area contributed by atoms with Gasteiger partial charge in [-0.15, -0.1) is 0 Å². The first-order chi connectivity index (χ1) is 11.5. The lowest BCUT2D eigenvalue weighted by atomic mass is 9.88. The summed E-state index contributed by atoms with van der Waals surface area (Å²) < 4.78 is 26.0. The van der Waals surface area contributed by atoms with Gasteiger partial charge in [-0.3, -0.25) is 0 Å². The third-order valence-corrected chi connectivity index (χ3v) is 5.85. The van der Waals surface area contributed by atoms with E-state index in [0.717, 1.165) is 23.1 Å².